The van der Waals surface area contributed by atoms with E-state index in [0.29, 0.717) is 35.1 Å². The van der Waals surface area contributed by atoms with E-state index in [9.17, 15) is 10.4 Å². The third kappa shape index (κ3) is 4.30. The molecule has 1 aliphatic heterocycles. The van der Waals surface area contributed by atoms with Crippen LogP contribution in [0.1, 0.15) is 5.56 Å². The van der Waals surface area contributed by atoms with Crippen LogP contribution >= 0.6 is 0 Å². The molecule has 9 heteroatoms. The molecule has 0 spiro atoms. The third-order valence-electron chi connectivity index (χ3n) is 5.47. The average molecular weight is 419 g/mol. The molecule has 1 aliphatic rings. The third-order valence-corrected chi connectivity index (χ3v) is 5.47. The average Bonchev–Trinajstić information content (AvgIpc) is 3.34. The number of pyridine rings is 1. The van der Waals surface area contributed by atoms with E-state index in [2.05, 4.69) is 31.9 Å². The lowest BCUT2D eigenvalue weighted by molar-refractivity contribution is 0.189. The first-order valence-electron chi connectivity index (χ1n) is 10.1. The summed E-state index contributed by atoms with van der Waals surface area (Å²) < 4.78 is 7.24. The monoisotopic (exact) mass is 419 g/mol. The number of hydrogen-bond donors (Lipinski definition) is 2. The number of aliphatic hydroxyl groups excluding tert-OH is 1. The van der Waals surface area contributed by atoms with Crippen LogP contribution in [0, 0.1) is 11.3 Å². The van der Waals surface area contributed by atoms with Gasteiger partial charge in [0.1, 0.15) is 29.5 Å². The molecule has 0 unspecified atom stereocenters. The molecular formula is C22H25N7O2. The summed E-state index contributed by atoms with van der Waals surface area (Å²) in [5.74, 6) is 1.46. The quantitative estimate of drug-likeness (QED) is 0.618. The zero-order valence-electron chi connectivity index (χ0n) is 17.4. The number of aliphatic hydroxyl groups is 1. The fourth-order valence-electron chi connectivity index (χ4n) is 3.87. The molecule has 3 aromatic rings. The maximum absolute atomic E-state index is 9.94. The number of ether oxygens (including phenoxy) is 1. The lowest BCUT2D eigenvalue weighted by Gasteiger charge is -2.36. The van der Waals surface area contributed by atoms with Crippen molar-refractivity contribution in [3.05, 3.63) is 48.5 Å². The number of piperazine rings is 1. The number of imidazole rings is 1. The highest BCUT2D eigenvalue weighted by atomic mass is 16.5. The fraction of sp³-hybridized carbons (Fsp3) is 0.318. The number of anilines is 2. The molecule has 0 atom stereocenters. The van der Waals surface area contributed by atoms with Crippen molar-refractivity contribution in [2.45, 2.75) is 0 Å². The van der Waals surface area contributed by atoms with E-state index in [-0.39, 0.29) is 6.61 Å². The van der Waals surface area contributed by atoms with E-state index in [0.717, 1.165) is 37.4 Å². The van der Waals surface area contributed by atoms with Crippen molar-refractivity contribution in [2.75, 3.05) is 57.1 Å². The van der Waals surface area contributed by atoms with Crippen molar-refractivity contribution in [3.63, 3.8) is 0 Å². The van der Waals surface area contributed by atoms with E-state index < -0.39 is 0 Å². The number of β-amino-alcohol motifs (C(OH)–C–C–N with tert-alkyl or cyclic N) is 1. The van der Waals surface area contributed by atoms with Gasteiger partial charge in [0.05, 0.1) is 13.7 Å². The van der Waals surface area contributed by atoms with E-state index in [4.69, 9.17) is 10.5 Å². The van der Waals surface area contributed by atoms with Crippen molar-refractivity contribution >= 4 is 11.5 Å². The molecule has 1 saturated heterocycles. The summed E-state index contributed by atoms with van der Waals surface area (Å²) in [6.45, 7) is 4.30. The Hall–Kier alpha value is -3.61. The van der Waals surface area contributed by atoms with E-state index >= 15 is 0 Å². The summed E-state index contributed by atoms with van der Waals surface area (Å²) in [6, 6.07) is 9.96. The Morgan fingerprint density at radius 1 is 1.19 bits per heavy atom. The van der Waals surface area contributed by atoms with Gasteiger partial charge in [-0.3, -0.25) is 9.47 Å². The molecule has 1 aromatic carbocycles. The zero-order chi connectivity index (χ0) is 21.8. The minimum atomic E-state index is 0.170. The van der Waals surface area contributed by atoms with Crippen molar-refractivity contribution in [2.24, 2.45) is 0 Å². The van der Waals surface area contributed by atoms with Gasteiger partial charge in [0.2, 0.25) is 0 Å². The molecule has 31 heavy (non-hydrogen) atoms. The number of methoxy groups -OCH3 is 1. The second-order valence-electron chi connectivity index (χ2n) is 7.35. The molecule has 0 bridgehead atoms. The summed E-state index contributed by atoms with van der Waals surface area (Å²) in [5.41, 5.74) is 9.06. The minimum Gasteiger partial charge on any atom is -0.497 e. The van der Waals surface area contributed by atoms with Crippen LogP contribution < -0.4 is 15.4 Å². The molecule has 3 heterocycles. The summed E-state index contributed by atoms with van der Waals surface area (Å²) in [5, 5.41) is 19.1. The van der Waals surface area contributed by atoms with Crippen LogP contribution in [0.4, 0.5) is 11.5 Å². The van der Waals surface area contributed by atoms with Crippen molar-refractivity contribution in [3.8, 4) is 28.8 Å². The Bertz CT molecular complexity index is 1080. The van der Waals surface area contributed by atoms with Crippen LogP contribution in [-0.4, -0.2) is 71.0 Å². The highest BCUT2D eigenvalue weighted by Gasteiger charge is 2.20. The number of nitrogens with zero attached hydrogens (tertiary/aromatic N) is 6. The largest absolute Gasteiger partial charge is 0.497 e. The summed E-state index contributed by atoms with van der Waals surface area (Å²) >= 11 is 0. The van der Waals surface area contributed by atoms with Gasteiger partial charge >= 0.3 is 0 Å². The predicted octanol–water partition coefficient (Wildman–Crippen LogP) is 1.51. The van der Waals surface area contributed by atoms with Gasteiger partial charge in [-0.25, -0.2) is 9.97 Å². The Balaban J connectivity index is 1.75. The molecule has 1 fully saturated rings. The normalized spacial score (nSPS) is 14.4. The lowest BCUT2D eigenvalue weighted by Crippen LogP contribution is -2.47. The number of benzene rings is 1. The Labute approximate surface area is 180 Å². The van der Waals surface area contributed by atoms with Gasteiger partial charge in [-0.15, -0.1) is 0 Å². The molecule has 3 N–H and O–H groups in total. The van der Waals surface area contributed by atoms with Crippen LogP contribution in [0.5, 0.6) is 5.75 Å². The number of nitrogens with two attached hydrogens (primary N) is 1. The van der Waals surface area contributed by atoms with Crippen LogP contribution in [0.15, 0.2) is 43.0 Å². The van der Waals surface area contributed by atoms with Gasteiger partial charge in [-0.1, -0.05) is 0 Å². The van der Waals surface area contributed by atoms with Crippen LogP contribution in [-0.2, 0) is 0 Å². The number of nitriles is 1. The topological polar surface area (TPSA) is 116 Å². The molecule has 9 nitrogen and oxygen atoms in total. The molecule has 0 radical (unpaired) electrons. The molecule has 160 valence electrons. The molecule has 0 aliphatic carbocycles. The Morgan fingerprint density at radius 2 is 2.00 bits per heavy atom. The first kappa shape index (κ1) is 20.7. The van der Waals surface area contributed by atoms with Crippen molar-refractivity contribution in [1.82, 2.24) is 19.4 Å². The minimum absolute atomic E-state index is 0.170. The lowest BCUT2D eigenvalue weighted by atomic mass is 9.99. The fourth-order valence-corrected chi connectivity index (χ4v) is 3.87. The highest BCUT2D eigenvalue weighted by molar-refractivity contribution is 5.79. The zero-order valence-corrected chi connectivity index (χ0v) is 17.4. The van der Waals surface area contributed by atoms with E-state index in [1.165, 1.54) is 0 Å². The van der Waals surface area contributed by atoms with Crippen LogP contribution in [0.25, 0.3) is 16.9 Å². The highest BCUT2D eigenvalue weighted by Crippen LogP contribution is 2.35. The Kier molecular flexibility index (Phi) is 6.02. The second kappa shape index (κ2) is 9.04. The molecule has 4 rings (SSSR count). The summed E-state index contributed by atoms with van der Waals surface area (Å²) in [4.78, 5) is 12.9. The number of rotatable bonds is 6. The van der Waals surface area contributed by atoms with Gasteiger partial charge in [-0.05, 0) is 23.8 Å². The van der Waals surface area contributed by atoms with Crippen molar-refractivity contribution in [1.29, 1.82) is 5.26 Å². The number of hydrogen-bond acceptors (Lipinski definition) is 8. The maximum atomic E-state index is 9.94. The Morgan fingerprint density at radius 3 is 2.65 bits per heavy atom. The summed E-state index contributed by atoms with van der Waals surface area (Å²) in [6.07, 6.45) is 4.95. The predicted molar refractivity (Wildman–Crippen MR) is 118 cm³/mol. The molecule has 2 aromatic heterocycles. The molecule has 0 saturated carbocycles. The second-order valence-corrected chi connectivity index (χ2v) is 7.35. The van der Waals surface area contributed by atoms with Gasteiger partial charge in [0.15, 0.2) is 5.82 Å². The van der Waals surface area contributed by atoms with Crippen LogP contribution in [0.2, 0.25) is 0 Å². The van der Waals surface area contributed by atoms with E-state index in [1.54, 1.807) is 36.5 Å². The van der Waals surface area contributed by atoms with Gasteiger partial charge < -0.3 is 20.5 Å². The smallest absolute Gasteiger partial charge is 0.158 e. The van der Waals surface area contributed by atoms with Gasteiger partial charge in [0.25, 0.3) is 0 Å². The van der Waals surface area contributed by atoms with Gasteiger partial charge in [0, 0.05) is 62.4 Å². The number of nitrogen functional groups attached to an aromatic ring is 1. The van der Waals surface area contributed by atoms with E-state index in [1.807, 2.05) is 12.1 Å². The first-order chi connectivity index (χ1) is 15.1. The van der Waals surface area contributed by atoms with Crippen molar-refractivity contribution < 1.29 is 9.84 Å². The van der Waals surface area contributed by atoms with Crippen LogP contribution in [0.3, 0.4) is 0 Å². The standard InChI is InChI=1S/C22H25N7O2/c1-31-18-11-16(10-17(12-18)28-6-4-27(5-7-28)8-9-30)19-13-21(24)26-22(20(19)14-23)29-3-2-25-15-29/h2-3,10-13,15,30H,4-9H2,1H3,(H2,24,26). The maximum Gasteiger partial charge on any atom is 0.158 e. The molecular weight excluding hydrogens is 394 g/mol. The molecule has 0 amide bonds. The first-order valence-corrected chi connectivity index (χ1v) is 10.1. The van der Waals surface area contributed by atoms with Gasteiger partial charge in [-0.2, -0.15) is 5.26 Å². The number of aromatic nitrogens is 3. The summed E-state index contributed by atoms with van der Waals surface area (Å²) in [7, 11) is 1.63. The SMILES string of the molecule is COc1cc(-c2cc(N)nc(-n3ccnc3)c2C#N)cc(N2CCN(CCO)CC2)c1.